The predicted molar refractivity (Wildman–Crippen MR) is 128 cm³/mol. The monoisotopic (exact) mass is 448 g/mol. The van der Waals surface area contributed by atoms with Crippen molar-refractivity contribution in [3.05, 3.63) is 108 Å². The maximum Gasteiger partial charge on any atom is 0.319 e. The van der Waals surface area contributed by atoms with Gasteiger partial charge in [0, 0.05) is 29.7 Å². The molecule has 3 aromatic carbocycles. The van der Waals surface area contributed by atoms with Gasteiger partial charge in [-0.05, 0) is 66.9 Å². The number of benzene rings is 3. The van der Waals surface area contributed by atoms with Crippen molar-refractivity contribution in [2.45, 2.75) is 12.8 Å². The lowest BCUT2D eigenvalue weighted by Crippen LogP contribution is -2.30. The van der Waals surface area contributed by atoms with Gasteiger partial charge >= 0.3 is 6.03 Å². The lowest BCUT2D eigenvalue weighted by molar-refractivity contribution is 0.252. The number of rotatable bonds is 6. The summed E-state index contributed by atoms with van der Waals surface area (Å²) in [5.74, 6) is -0.453. The molecule has 0 spiro atoms. The largest absolute Gasteiger partial charge is 0.338 e. The van der Waals surface area contributed by atoms with Crippen molar-refractivity contribution >= 4 is 22.5 Å². The molecule has 0 aliphatic rings. The van der Waals surface area contributed by atoms with Crippen molar-refractivity contribution in [3.63, 3.8) is 0 Å². The molecule has 0 saturated carbocycles. The van der Waals surface area contributed by atoms with E-state index in [0.717, 1.165) is 34.0 Å². The molecule has 7 heteroatoms. The highest BCUT2D eigenvalue weighted by Crippen LogP contribution is 2.21. The summed E-state index contributed by atoms with van der Waals surface area (Å²) in [5.41, 5.74) is 8.11. The molecular formula is C26H26F2N4O. The molecule has 1 heterocycles. The summed E-state index contributed by atoms with van der Waals surface area (Å²) in [7, 11) is 0. The number of nitrogens with zero attached hydrogens (tertiary/aromatic N) is 1. The van der Waals surface area contributed by atoms with E-state index in [1.54, 1.807) is 36.7 Å². The van der Waals surface area contributed by atoms with E-state index in [1.165, 1.54) is 24.3 Å². The van der Waals surface area contributed by atoms with E-state index >= 15 is 0 Å². The first-order valence-corrected chi connectivity index (χ1v) is 10.6. The second-order valence-electron chi connectivity index (χ2n) is 7.32. The normalized spacial score (nSPS) is 10.3. The molecule has 0 radical (unpaired) electrons. The number of anilines is 1. The minimum atomic E-state index is -0.267. The molecule has 4 aromatic rings. The van der Waals surface area contributed by atoms with Gasteiger partial charge in [-0.15, -0.1) is 0 Å². The molecule has 0 unspecified atom stereocenters. The first kappa shape index (κ1) is 23.8. The number of carbonyl (C=O) groups excluding carboxylic acids is 1. The van der Waals surface area contributed by atoms with Crippen LogP contribution in [0.5, 0.6) is 0 Å². The molecule has 33 heavy (non-hydrogen) atoms. The Bertz CT molecular complexity index is 1160. The molecule has 4 rings (SSSR count). The quantitative estimate of drug-likeness (QED) is 0.386. The van der Waals surface area contributed by atoms with Crippen LogP contribution in [-0.2, 0) is 12.8 Å². The number of aromatic nitrogens is 1. The van der Waals surface area contributed by atoms with Gasteiger partial charge in [0.1, 0.15) is 11.6 Å². The zero-order valence-electron chi connectivity index (χ0n) is 18.1. The van der Waals surface area contributed by atoms with E-state index in [2.05, 4.69) is 15.6 Å². The fourth-order valence-electron chi connectivity index (χ4n) is 3.19. The van der Waals surface area contributed by atoms with Gasteiger partial charge < -0.3 is 16.4 Å². The van der Waals surface area contributed by atoms with Crippen LogP contribution in [0.3, 0.4) is 0 Å². The fraction of sp³-hybridized carbons (Fsp3) is 0.154. The molecule has 2 amide bonds. The van der Waals surface area contributed by atoms with Crippen molar-refractivity contribution < 1.29 is 13.6 Å². The molecule has 0 aliphatic carbocycles. The van der Waals surface area contributed by atoms with E-state index in [-0.39, 0.29) is 17.7 Å². The van der Waals surface area contributed by atoms with Crippen molar-refractivity contribution in [3.8, 4) is 0 Å². The third kappa shape index (κ3) is 7.66. The Morgan fingerprint density at radius 1 is 0.848 bits per heavy atom. The van der Waals surface area contributed by atoms with Crippen molar-refractivity contribution in [2.24, 2.45) is 5.73 Å². The summed E-state index contributed by atoms with van der Waals surface area (Å²) in [5, 5.41) is 7.55. The second kappa shape index (κ2) is 12.3. The lowest BCUT2D eigenvalue weighted by atomic mass is 10.1. The third-order valence-electron chi connectivity index (χ3n) is 4.89. The van der Waals surface area contributed by atoms with Gasteiger partial charge in [0.25, 0.3) is 0 Å². The van der Waals surface area contributed by atoms with Crippen LogP contribution in [0.25, 0.3) is 10.8 Å². The zero-order chi connectivity index (χ0) is 23.5. The standard InChI is InChI=1S/C18H16FN3O.C8H10FN/c19-15-6-4-13(5-7-15)8-11-21-18(23)22-17-3-1-2-14-12-20-10-9-16(14)17;9-8-3-1-7(2-4-8)5-6-10/h1-7,9-10,12H,8,11H2,(H2,21,22,23);1-4H,5-6,10H2. The smallest absolute Gasteiger partial charge is 0.319 e. The zero-order valence-corrected chi connectivity index (χ0v) is 18.1. The molecule has 0 fully saturated rings. The van der Waals surface area contributed by atoms with Crippen molar-refractivity contribution in [2.75, 3.05) is 18.4 Å². The minimum Gasteiger partial charge on any atom is -0.338 e. The van der Waals surface area contributed by atoms with E-state index < -0.39 is 0 Å². The summed E-state index contributed by atoms with van der Waals surface area (Å²) in [6.07, 6.45) is 4.92. The van der Waals surface area contributed by atoms with Gasteiger partial charge in [-0.25, -0.2) is 13.6 Å². The number of carbonyl (C=O) groups is 1. The van der Waals surface area contributed by atoms with Gasteiger partial charge in [-0.1, -0.05) is 36.4 Å². The summed E-state index contributed by atoms with van der Waals surface area (Å²) in [4.78, 5) is 16.1. The Morgan fingerprint density at radius 3 is 2.12 bits per heavy atom. The third-order valence-corrected chi connectivity index (χ3v) is 4.89. The summed E-state index contributed by atoms with van der Waals surface area (Å²) in [6, 6.07) is 19.9. The summed E-state index contributed by atoms with van der Waals surface area (Å²) < 4.78 is 25.1. The van der Waals surface area contributed by atoms with Crippen LogP contribution >= 0.6 is 0 Å². The number of urea groups is 1. The molecule has 0 atom stereocenters. The molecule has 4 N–H and O–H groups in total. The maximum absolute atomic E-state index is 12.8. The molecular weight excluding hydrogens is 422 g/mol. The van der Waals surface area contributed by atoms with E-state index in [4.69, 9.17) is 5.73 Å². The van der Waals surface area contributed by atoms with E-state index in [9.17, 15) is 13.6 Å². The van der Waals surface area contributed by atoms with Gasteiger partial charge in [-0.2, -0.15) is 0 Å². The number of amides is 2. The average molecular weight is 449 g/mol. The molecule has 1 aromatic heterocycles. The molecule has 0 saturated heterocycles. The van der Waals surface area contributed by atoms with E-state index in [1.807, 2.05) is 24.3 Å². The highest BCUT2D eigenvalue weighted by molar-refractivity contribution is 6.01. The SMILES string of the molecule is NCCc1ccc(F)cc1.O=C(NCCc1ccc(F)cc1)Nc1cccc2cnccc12. The molecule has 0 bridgehead atoms. The van der Waals surface area contributed by atoms with Crippen LogP contribution in [0.2, 0.25) is 0 Å². The van der Waals surface area contributed by atoms with Crippen LogP contribution in [0.4, 0.5) is 19.3 Å². The minimum absolute atomic E-state index is 0.194. The van der Waals surface area contributed by atoms with Gasteiger partial charge in [-0.3, -0.25) is 4.98 Å². The maximum atomic E-state index is 12.8. The average Bonchev–Trinajstić information content (AvgIpc) is 2.83. The van der Waals surface area contributed by atoms with Crippen molar-refractivity contribution in [1.29, 1.82) is 0 Å². The highest BCUT2D eigenvalue weighted by Gasteiger charge is 2.05. The van der Waals surface area contributed by atoms with Crippen LogP contribution in [0.15, 0.2) is 85.2 Å². The van der Waals surface area contributed by atoms with Gasteiger partial charge in [0.05, 0.1) is 5.69 Å². The number of halogens is 2. The molecule has 0 aliphatic heterocycles. The summed E-state index contributed by atoms with van der Waals surface area (Å²) >= 11 is 0. The molecule has 170 valence electrons. The number of nitrogens with one attached hydrogen (secondary N) is 2. The van der Waals surface area contributed by atoms with Crippen LogP contribution in [-0.4, -0.2) is 24.1 Å². The Labute approximate surface area is 191 Å². The van der Waals surface area contributed by atoms with Crippen LogP contribution in [0, 0.1) is 11.6 Å². The molecule has 5 nitrogen and oxygen atoms in total. The van der Waals surface area contributed by atoms with Crippen LogP contribution < -0.4 is 16.4 Å². The summed E-state index contributed by atoms with van der Waals surface area (Å²) in [6.45, 7) is 1.09. The second-order valence-corrected chi connectivity index (χ2v) is 7.32. The number of fused-ring (bicyclic) bond motifs is 1. The van der Waals surface area contributed by atoms with Gasteiger partial charge in [0.2, 0.25) is 0 Å². The van der Waals surface area contributed by atoms with E-state index in [0.29, 0.717) is 19.5 Å². The highest BCUT2D eigenvalue weighted by atomic mass is 19.1. The number of hydrogen-bond donors (Lipinski definition) is 3. The Morgan fingerprint density at radius 2 is 1.48 bits per heavy atom. The lowest BCUT2D eigenvalue weighted by Gasteiger charge is -2.10. The van der Waals surface area contributed by atoms with Gasteiger partial charge in [0.15, 0.2) is 0 Å². The number of hydrogen-bond acceptors (Lipinski definition) is 3. The van der Waals surface area contributed by atoms with Crippen molar-refractivity contribution in [1.82, 2.24) is 10.3 Å². The van der Waals surface area contributed by atoms with Crippen LogP contribution in [0.1, 0.15) is 11.1 Å². The first-order chi connectivity index (χ1) is 16.0. The predicted octanol–water partition coefficient (Wildman–Crippen LogP) is 5.07. The number of pyridine rings is 1. The number of nitrogens with two attached hydrogens (primary N) is 1. The Balaban J connectivity index is 0.000000257. The first-order valence-electron chi connectivity index (χ1n) is 10.6. The Hall–Kier alpha value is -3.84. The Kier molecular flexibility index (Phi) is 8.85. The fourth-order valence-corrected chi connectivity index (χ4v) is 3.19. The topological polar surface area (TPSA) is 80.0 Å².